The lowest BCUT2D eigenvalue weighted by atomic mass is 10.1. The van der Waals surface area contributed by atoms with Gasteiger partial charge >= 0.3 is 0 Å². The molecule has 25 heavy (non-hydrogen) atoms. The summed E-state index contributed by atoms with van der Waals surface area (Å²) in [5.41, 5.74) is 3.11. The van der Waals surface area contributed by atoms with Crippen molar-refractivity contribution in [1.29, 1.82) is 0 Å². The number of nitrogens with zero attached hydrogens (tertiary/aromatic N) is 4. The van der Waals surface area contributed by atoms with Crippen LogP contribution in [-0.4, -0.2) is 38.4 Å². The number of rotatable bonds is 4. The van der Waals surface area contributed by atoms with E-state index in [1.54, 1.807) is 6.20 Å². The molecule has 1 aliphatic rings. The zero-order valence-electron chi connectivity index (χ0n) is 14.2. The third-order valence-corrected chi connectivity index (χ3v) is 4.86. The average Bonchev–Trinajstić information content (AvgIpc) is 3.25. The summed E-state index contributed by atoms with van der Waals surface area (Å²) in [7, 11) is 1.89. The van der Waals surface area contributed by atoms with Gasteiger partial charge in [-0.2, -0.15) is 0 Å². The van der Waals surface area contributed by atoms with Crippen molar-refractivity contribution in [3.8, 4) is 22.6 Å². The molecular formula is C20H20N4O. The molecule has 5 nitrogen and oxygen atoms in total. The van der Waals surface area contributed by atoms with Crippen LogP contribution in [0.15, 0.2) is 61.1 Å². The second-order valence-electron chi connectivity index (χ2n) is 6.39. The highest BCUT2D eigenvalue weighted by Gasteiger charge is 2.28. The van der Waals surface area contributed by atoms with E-state index in [0.717, 1.165) is 35.6 Å². The van der Waals surface area contributed by atoms with E-state index < -0.39 is 0 Å². The van der Waals surface area contributed by atoms with Crippen LogP contribution in [0.5, 0.6) is 0 Å². The highest BCUT2D eigenvalue weighted by Crippen LogP contribution is 2.25. The quantitative estimate of drug-likeness (QED) is 0.737. The number of hydrogen-bond donors (Lipinski definition) is 0. The summed E-state index contributed by atoms with van der Waals surface area (Å²) in [4.78, 5) is 22.5. The minimum Gasteiger partial charge on any atom is -0.341 e. The van der Waals surface area contributed by atoms with Gasteiger partial charge in [-0.25, -0.2) is 4.98 Å². The Hall–Kier alpha value is -2.95. The number of imidazole rings is 1. The first-order valence-corrected chi connectivity index (χ1v) is 8.51. The summed E-state index contributed by atoms with van der Waals surface area (Å²) in [5.74, 6) is 1.16. The van der Waals surface area contributed by atoms with Crippen LogP contribution in [0.1, 0.15) is 12.8 Å². The van der Waals surface area contributed by atoms with E-state index >= 15 is 0 Å². The molecule has 1 aromatic carbocycles. The van der Waals surface area contributed by atoms with Crippen molar-refractivity contribution in [3.05, 3.63) is 61.1 Å². The number of hydrogen-bond acceptors (Lipinski definition) is 3. The van der Waals surface area contributed by atoms with Crippen LogP contribution < -0.4 is 0 Å². The first kappa shape index (κ1) is 15.6. The number of carbonyl (C=O) groups is 1. The molecule has 1 saturated heterocycles. The molecule has 0 aliphatic carbocycles. The fourth-order valence-corrected chi connectivity index (χ4v) is 3.34. The summed E-state index contributed by atoms with van der Waals surface area (Å²) >= 11 is 0. The molecule has 1 atom stereocenters. The van der Waals surface area contributed by atoms with Gasteiger partial charge in [0.15, 0.2) is 0 Å². The maximum absolute atomic E-state index is 11.7. The van der Waals surface area contributed by atoms with E-state index in [-0.39, 0.29) is 11.9 Å². The van der Waals surface area contributed by atoms with Gasteiger partial charge in [0.1, 0.15) is 5.82 Å². The largest absolute Gasteiger partial charge is 0.341 e. The zero-order chi connectivity index (χ0) is 17.2. The average molecular weight is 332 g/mol. The van der Waals surface area contributed by atoms with Gasteiger partial charge in [-0.1, -0.05) is 30.3 Å². The van der Waals surface area contributed by atoms with Crippen LogP contribution in [0.25, 0.3) is 22.6 Å². The third kappa shape index (κ3) is 3.05. The fraction of sp³-hybridized carbons (Fsp3) is 0.250. The highest BCUT2D eigenvalue weighted by atomic mass is 16.2. The van der Waals surface area contributed by atoms with Crippen molar-refractivity contribution < 1.29 is 4.79 Å². The van der Waals surface area contributed by atoms with Crippen LogP contribution in [0, 0.1) is 0 Å². The van der Waals surface area contributed by atoms with E-state index in [4.69, 9.17) is 0 Å². The topological polar surface area (TPSA) is 51.0 Å². The predicted molar refractivity (Wildman–Crippen MR) is 96.7 cm³/mol. The van der Waals surface area contributed by atoms with Crippen LogP contribution in [0.4, 0.5) is 0 Å². The summed E-state index contributed by atoms with van der Waals surface area (Å²) in [5, 5.41) is 0. The lowest BCUT2D eigenvalue weighted by molar-refractivity contribution is -0.127. The molecule has 0 spiro atoms. The normalized spacial score (nSPS) is 17.2. The molecule has 0 bridgehead atoms. The Morgan fingerprint density at radius 1 is 1.04 bits per heavy atom. The number of benzene rings is 1. The molecular weight excluding hydrogens is 312 g/mol. The molecule has 0 saturated carbocycles. The highest BCUT2D eigenvalue weighted by molar-refractivity contribution is 5.78. The monoisotopic (exact) mass is 332 g/mol. The third-order valence-electron chi connectivity index (χ3n) is 4.86. The maximum Gasteiger partial charge on any atom is 0.222 e. The van der Waals surface area contributed by atoms with Crippen LogP contribution in [0.3, 0.4) is 0 Å². The molecule has 3 aromatic rings. The predicted octanol–water partition coefficient (Wildman–Crippen LogP) is 3.23. The first-order chi connectivity index (χ1) is 12.2. The lowest BCUT2D eigenvalue weighted by Crippen LogP contribution is -2.32. The van der Waals surface area contributed by atoms with E-state index in [1.807, 2.05) is 42.5 Å². The second-order valence-corrected chi connectivity index (χ2v) is 6.39. The fourth-order valence-electron chi connectivity index (χ4n) is 3.34. The van der Waals surface area contributed by atoms with E-state index in [1.165, 1.54) is 0 Å². The summed E-state index contributed by atoms with van der Waals surface area (Å²) in [6, 6.07) is 14.4. The molecule has 0 radical (unpaired) electrons. The Morgan fingerprint density at radius 2 is 1.84 bits per heavy atom. The molecule has 1 aliphatic heterocycles. The maximum atomic E-state index is 11.7. The van der Waals surface area contributed by atoms with Crippen LogP contribution >= 0.6 is 0 Å². The van der Waals surface area contributed by atoms with Gasteiger partial charge in [0, 0.05) is 55.8 Å². The van der Waals surface area contributed by atoms with Crippen LogP contribution in [-0.2, 0) is 11.3 Å². The van der Waals surface area contributed by atoms with E-state index in [2.05, 4.69) is 38.8 Å². The minimum absolute atomic E-state index is 0.228. The van der Waals surface area contributed by atoms with E-state index in [9.17, 15) is 4.79 Å². The standard InChI is InChI=1S/C20H20N4O/c1-23-17(9-10-19(23)25)14-24-13-12-22-20(24)16-7-5-15(6-8-16)18-4-2-3-11-21-18/h2-8,11-13,17H,9-10,14H2,1H3/t17-/m0/s1. The zero-order valence-corrected chi connectivity index (χ0v) is 14.2. The summed E-state index contributed by atoms with van der Waals surface area (Å²) in [6.07, 6.45) is 7.16. The molecule has 5 heteroatoms. The molecule has 0 unspecified atom stereocenters. The summed E-state index contributed by atoms with van der Waals surface area (Å²) < 4.78 is 2.13. The summed E-state index contributed by atoms with van der Waals surface area (Å²) in [6.45, 7) is 0.777. The van der Waals surface area contributed by atoms with Crippen molar-refractivity contribution >= 4 is 5.91 Å². The molecule has 126 valence electrons. The van der Waals surface area contributed by atoms with Crippen molar-refractivity contribution in [2.24, 2.45) is 0 Å². The Labute approximate surface area is 147 Å². The number of carbonyl (C=O) groups excluding carboxylic acids is 1. The van der Waals surface area contributed by atoms with Gasteiger partial charge < -0.3 is 9.47 Å². The SMILES string of the molecule is CN1C(=O)CC[C@H]1Cn1ccnc1-c1ccc(-c2ccccn2)cc1. The van der Waals surface area contributed by atoms with Gasteiger partial charge in [0.05, 0.1) is 5.69 Å². The number of aromatic nitrogens is 3. The molecule has 4 rings (SSSR count). The van der Waals surface area contributed by atoms with Gasteiger partial charge in [0.25, 0.3) is 0 Å². The van der Waals surface area contributed by atoms with Crippen molar-refractivity contribution in [1.82, 2.24) is 19.4 Å². The van der Waals surface area contributed by atoms with Crippen LogP contribution in [0.2, 0.25) is 0 Å². The van der Waals surface area contributed by atoms with Gasteiger partial charge in [0.2, 0.25) is 5.91 Å². The number of amides is 1. The molecule has 1 fully saturated rings. The van der Waals surface area contributed by atoms with E-state index in [0.29, 0.717) is 6.42 Å². The van der Waals surface area contributed by atoms with Crippen molar-refractivity contribution in [2.75, 3.05) is 7.05 Å². The Morgan fingerprint density at radius 3 is 2.52 bits per heavy atom. The minimum atomic E-state index is 0.228. The molecule has 3 heterocycles. The lowest BCUT2D eigenvalue weighted by Gasteiger charge is -2.21. The first-order valence-electron chi connectivity index (χ1n) is 8.51. The number of pyridine rings is 1. The molecule has 2 aromatic heterocycles. The van der Waals surface area contributed by atoms with Crippen molar-refractivity contribution in [3.63, 3.8) is 0 Å². The van der Waals surface area contributed by atoms with Gasteiger partial charge in [-0.05, 0) is 18.6 Å². The number of likely N-dealkylation sites (N-methyl/N-ethyl adjacent to an activating group) is 1. The Bertz CT molecular complexity index is 870. The molecule has 0 N–H and O–H groups in total. The Balaban J connectivity index is 1.57. The van der Waals surface area contributed by atoms with Gasteiger partial charge in [-0.3, -0.25) is 9.78 Å². The van der Waals surface area contributed by atoms with Gasteiger partial charge in [-0.15, -0.1) is 0 Å². The van der Waals surface area contributed by atoms with Crippen molar-refractivity contribution in [2.45, 2.75) is 25.4 Å². The molecule has 1 amide bonds. The number of likely N-dealkylation sites (tertiary alicyclic amines) is 1. The second kappa shape index (κ2) is 6.51. The Kier molecular flexibility index (Phi) is 4.06. The smallest absolute Gasteiger partial charge is 0.222 e.